The van der Waals surface area contributed by atoms with E-state index in [9.17, 15) is 4.79 Å². The Bertz CT molecular complexity index is 437. The zero-order valence-corrected chi connectivity index (χ0v) is 15.2. The zero-order valence-electron chi connectivity index (χ0n) is 11.3. The van der Waals surface area contributed by atoms with E-state index in [0.717, 1.165) is 16.2 Å². The highest BCUT2D eigenvalue weighted by atomic mass is 79.9. The molecule has 5 heteroatoms. The van der Waals surface area contributed by atoms with Crippen LogP contribution in [0.25, 0.3) is 0 Å². The molecule has 1 atom stereocenters. The van der Waals surface area contributed by atoms with Gasteiger partial charge in [-0.05, 0) is 30.0 Å². The molecule has 0 aromatic heterocycles. The van der Waals surface area contributed by atoms with Crippen molar-refractivity contribution >= 4 is 49.4 Å². The van der Waals surface area contributed by atoms with Crippen LogP contribution in [0.3, 0.4) is 0 Å². The Hall–Kier alpha value is -0.0600. The first-order valence-corrected chi connectivity index (χ1v) is 8.36. The maximum absolute atomic E-state index is 12.3. The van der Waals surface area contributed by atoms with E-state index in [1.54, 1.807) is 18.2 Å². The molecule has 1 rings (SSSR count). The van der Waals surface area contributed by atoms with Crippen molar-refractivity contribution < 1.29 is 4.79 Å². The van der Waals surface area contributed by atoms with Crippen LogP contribution in [0.4, 0.5) is 0 Å². The van der Waals surface area contributed by atoms with E-state index >= 15 is 0 Å². The Balaban J connectivity index is 2.87. The number of carbonyl (C=O) groups is 1. The normalized spacial score (nSPS) is 13.2. The predicted molar refractivity (Wildman–Crippen MR) is 88.3 cm³/mol. The van der Waals surface area contributed by atoms with Crippen molar-refractivity contribution in [1.82, 2.24) is 5.32 Å². The molecule has 0 heterocycles. The molecule has 1 aromatic carbocycles. The monoisotopic (exact) mass is 409 g/mol. The standard InChI is InChI=1S/C14H18Br2ClNO/c1-14(2,3)12(4-5-15)18-13(19)9-6-10(16)8-11(17)7-9/h6-8,12H,4-5H2,1-3H3,(H,18,19). The summed E-state index contributed by atoms with van der Waals surface area (Å²) in [6.45, 7) is 6.36. The molecule has 0 aliphatic heterocycles. The summed E-state index contributed by atoms with van der Waals surface area (Å²) in [4.78, 5) is 12.3. The Morgan fingerprint density at radius 3 is 2.47 bits per heavy atom. The van der Waals surface area contributed by atoms with Crippen LogP contribution in [0.15, 0.2) is 22.7 Å². The average Bonchev–Trinajstić information content (AvgIpc) is 2.25. The molecule has 1 N–H and O–H groups in total. The van der Waals surface area contributed by atoms with Crippen molar-refractivity contribution in [2.75, 3.05) is 5.33 Å². The van der Waals surface area contributed by atoms with Crippen LogP contribution in [0.2, 0.25) is 5.02 Å². The number of amides is 1. The van der Waals surface area contributed by atoms with Crippen molar-refractivity contribution in [2.24, 2.45) is 5.41 Å². The molecule has 0 aliphatic carbocycles. The van der Waals surface area contributed by atoms with E-state index < -0.39 is 0 Å². The maximum Gasteiger partial charge on any atom is 0.251 e. The van der Waals surface area contributed by atoms with Gasteiger partial charge in [0.25, 0.3) is 5.91 Å². The van der Waals surface area contributed by atoms with Gasteiger partial charge in [-0.25, -0.2) is 0 Å². The van der Waals surface area contributed by atoms with Crippen LogP contribution >= 0.6 is 43.5 Å². The largest absolute Gasteiger partial charge is 0.349 e. The van der Waals surface area contributed by atoms with Crippen LogP contribution in [0.1, 0.15) is 37.6 Å². The van der Waals surface area contributed by atoms with Gasteiger partial charge < -0.3 is 5.32 Å². The molecule has 0 bridgehead atoms. The SMILES string of the molecule is CC(C)(C)C(CCBr)NC(=O)c1cc(Cl)cc(Br)c1. The first-order chi connectivity index (χ1) is 8.74. The minimum Gasteiger partial charge on any atom is -0.349 e. The van der Waals surface area contributed by atoms with Gasteiger partial charge in [-0.3, -0.25) is 4.79 Å². The molecular formula is C14H18Br2ClNO. The first-order valence-electron chi connectivity index (χ1n) is 6.07. The van der Waals surface area contributed by atoms with Gasteiger partial charge in [-0.15, -0.1) is 0 Å². The van der Waals surface area contributed by atoms with E-state index in [2.05, 4.69) is 57.9 Å². The molecule has 1 amide bonds. The third-order valence-electron chi connectivity index (χ3n) is 2.87. The summed E-state index contributed by atoms with van der Waals surface area (Å²) in [7, 11) is 0. The summed E-state index contributed by atoms with van der Waals surface area (Å²) in [5, 5.41) is 4.48. The molecule has 0 fully saturated rings. The number of carbonyl (C=O) groups excluding carboxylic acids is 1. The van der Waals surface area contributed by atoms with Gasteiger partial charge >= 0.3 is 0 Å². The van der Waals surface area contributed by atoms with E-state index in [1.807, 2.05) is 0 Å². The second-order valence-electron chi connectivity index (χ2n) is 5.53. The third kappa shape index (κ3) is 5.44. The lowest BCUT2D eigenvalue weighted by Gasteiger charge is -2.31. The van der Waals surface area contributed by atoms with Gasteiger partial charge in [0.15, 0.2) is 0 Å². The predicted octanol–water partition coefficient (Wildman–Crippen LogP) is 5.03. The van der Waals surface area contributed by atoms with Crippen LogP contribution in [0.5, 0.6) is 0 Å². The molecule has 1 aromatic rings. The molecule has 106 valence electrons. The van der Waals surface area contributed by atoms with Crippen molar-refractivity contribution in [3.63, 3.8) is 0 Å². The van der Waals surface area contributed by atoms with Crippen LogP contribution in [-0.2, 0) is 0 Å². The Kier molecular flexibility index (Phi) is 6.34. The lowest BCUT2D eigenvalue weighted by molar-refractivity contribution is 0.0900. The van der Waals surface area contributed by atoms with Gasteiger partial charge in [0.2, 0.25) is 0 Å². The zero-order chi connectivity index (χ0) is 14.6. The molecule has 0 spiro atoms. The third-order valence-corrected chi connectivity index (χ3v) is 4.01. The minimum absolute atomic E-state index is 0.0131. The Morgan fingerprint density at radius 2 is 2.00 bits per heavy atom. The lowest BCUT2D eigenvalue weighted by Crippen LogP contribution is -2.44. The smallest absolute Gasteiger partial charge is 0.251 e. The summed E-state index contributed by atoms with van der Waals surface area (Å²) in [5.74, 6) is -0.0934. The number of rotatable bonds is 4. The minimum atomic E-state index is -0.0934. The van der Waals surface area contributed by atoms with Gasteiger partial charge in [-0.1, -0.05) is 64.2 Å². The number of hydrogen-bond donors (Lipinski definition) is 1. The molecule has 0 aliphatic rings. The van der Waals surface area contributed by atoms with Crippen molar-refractivity contribution in [3.05, 3.63) is 33.3 Å². The number of alkyl halides is 1. The molecule has 0 saturated carbocycles. The van der Waals surface area contributed by atoms with Crippen molar-refractivity contribution in [2.45, 2.75) is 33.2 Å². The van der Waals surface area contributed by atoms with Crippen molar-refractivity contribution in [3.8, 4) is 0 Å². The number of halogens is 3. The number of nitrogens with one attached hydrogen (secondary N) is 1. The van der Waals surface area contributed by atoms with Crippen LogP contribution < -0.4 is 5.32 Å². The highest BCUT2D eigenvalue weighted by Crippen LogP contribution is 2.24. The summed E-state index contributed by atoms with van der Waals surface area (Å²) in [6.07, 6.45) is 0.886. The highest BCUT2D eigenvalue weighted by Gasteiger charge is 2.26. The summed E-state index contributed by atoms with van der Waals surface area (Å²) < 4.78 is 0.804. The molecule has 0 saturated heterocycles. The van der Waals surface area contributed by atoms with Gasteiger partial charge in [0.1, 0.15) is 0 Å². The summed E-state index contributed by atoms with van der Waals surface area (Å²) >= 11 is 12.7. The maximum atomic E-state index is 12.3. The number of hydrogen-bond acceptors (Lipinski definition) is 1. The fourth-order valence-electron chi connectivity index (χ4n) is 1.76. The fourth-order valence-corrected chi connectivity index (χ4v) is 3.08. The quantitative estimate of drug-likeness (QED) is 0.692. The second-order valence-corrected chi connectivity index (χ2v) is 7.67. The van der Waals surface area contributed by atoms with E-state index in [0.29, 0.717) is 10.6 Å². The van der Waals surface area contributed by atoms with Gasteiger partial charge in [0, 0.05) is 26.4 Å². The molecule has 19 heavy (non-hydrogen) atoms. The summed E-state index contributed by atoms with van der Waals surface area (Å²) in [5.41, 5.74) is 0.586. The average molecular weight is 412 g/mol. The van der Waals surface area contributed by atoms with E-state index in [4.69, 9.17) is 11.6 Å². The molecule has 2 nitrogen and oxygen atoms in total. The molecular weight excluding hydrogens is 393 g/mol. The molecule has 1 unspecified atom stereocenters. The first kappa shape index (κ1) is 17.0. The molecule has 0 radical (unpaired) electrons. The number of benzene rings is 1. The van der Waals surface area contributed by atoms with Crippen molar-refractivity contribution in [1.29, 1.82) is 0 Å². The highest BCUT2D eigenvalue weighted by molar-refractivity contribution is 9.10. The Labute approximate surface area is 136 Å². The Morgan fingerprint density at radius 1 is 1.37 bits per heavy atom. The van der Waals surface area contributed by atoms with Crippen LogP contribution in [0, 0.1) is 5.41 Å². The van der Waals surface area contributed by atoms with E-state index in [-0.39, 0.29) is 17.4 Å². The second kappa shape index (κ2) is 7.09. The summed E-state index contributed by atoms with van der Waals surface area (Å²) in [6, 6.07) is 5.32. The van der Waals surface area contributed by atoms with E-state index in [1.165, 1.54) is 0 Å². The van der Waals surface area contributed by atoms with Gasteiger partial charge in [-0.2, -0.15) is 0 Å². The topological polar surface area (TPSA) is 29.1 Å². The fraction of sp³-hybridized carbons (Fsp3) is 0.500. The lowest BCUT2D eigenvalue weighted by atomic mass is 9.85. The van der Waals surface area contributed by atoms with Crippen LogP contribution in [-0.4, -0.2) is 17.3 Å². The van der Waals surface area contributed by atoms with Gasteiger partial charge in [0.05, 0.1) is 0 Å².